The number of amides is 1. The minimum Gasteiger partial charge on any atom is -0.372 e. The Hall–Kier alpha value is -1.76. The maximum Gasteiger partial charge on any atom is 0.264 e. The van der Waals surface area contributed by atoms with E-state index in [1.165, 1.54) is 16.9 Å². The monoisotopic (exact) mass is 398 g/mol. The standard InChI is InChI=1S/C22H26N2O3S/c1-15-4-2-6-17(23-15)12-26-18-8-9-27-22(11-18)13-24(14-22)21(25)20-10-16-5-3-7-19(16)28-20/h2,4,6,10,18H,3,5,7-9,11-14H2,1H3/t18-/m1/s1. The van der Waals surface area contributed by atoms with Gasteiger partial charge in [-0.3, -0.25) is 9.78 Å². The minimum absolute atomic E-state index is 0.166. The summed E-state index contributed by atoms with van der Waals surface area (Å²) in [5.74, 6) is 0.167. The molecule has 2 fully saturated rings. The lowest BCUT2D eigenvalue weighted by molar-refractivity contribution is -0.188. The predicted octanol–water partition coefficient (Wildman–Crippen LogP) is 3.53. The Morgan fingerprint density at radius 2 is 2.29 bits per heavy atom. The zero-order valence-electron chi connectivity index (χ0n) is 16.3. The van der Waals surface area contributed by atoms with Crippen LogP contribution in [0.25, 0.3) is 0 Å². The van der Waals surface area contributed by atoms with Gasteiger partial charge >= 0.3 is 0 Å². The first-order chi connectivity index (χ1) is 13.6. The maximum absolute atomic E-state index is 12.8. The van der Waals surface area contributed by atoms with Crippen molar-refractivity contribution in [3.63, 3.8) is 0 Å². The SMILES string of the molecule is Cc1cccc(CO[C@@H]2CCOC3(C2)CN(C(=O)c2cc4c(s2)CCC4)C3)n1. The van der Waals surface area contributed by atoms with Crippen molar-refractivity contribution in [3.05, 3.63) is 51.0 Å². The summed E-state index contributed by atoms with van der Waals surface area (Å²) in [5.41, 5.74) is 3.14. The van der Waals surface area contributed by atoms with Gasteiger partial charge in [0.05, 0.1) is 36.4 Å². The molecule has 0 radical (unpaired) electrons. The minimum atomic E-state index is -0.224. The van der Waals surface area contributed by atoms with Gasteiger partial charge in [0.25, 0.3) is 5.91 Å². The number of rotatable bonds is 4. The van der Waals surface area contributed by atoms with E-state index in [9.17, 15) is 4.79 Å². The first-order valence-electron chi connectivity index (χ1n) is 10.2. The van der Waals surface area contributed by atoms with Crippen LogP contribution in [0.3, 0.4) is 0 Å². The molecule has 2 aliphatic heterocycles. The summed E-state index contributed by atoms with van der Waals surface area (Å²) < 4.78 is 12.2. The number of likely N-dealkylation sites (tertiary alicyclic amines) is 1. The largest absolute Gasteiger partial charge is 0.372 e. The van der Waals surface area contributed by atoms with E-state index in [1.54, 1.807) is 11.3 Å². The first kappa shape index (κ1) is 18.3. The van der Waals surface area contributed by atoms with Crippen LogP contribution in [0.1, 0.15) is 50.8 Å². The topological polar surface area (TPSA) is 51.7 Å². The molecule has 0 saturated carbocycles. The van der Waals surface area contributed by atoms with Crippen LogP contribution in [-0.2, 0) is 28.9 Å². The fraction of sp³-hybridized carbons (Fsp3) is 0.545. The Labute approximate surface area is 169 Å². The lowest BCUT2D eigenvalue weighted by atomic mass is 9.84. The first-order valence-corrected chi connectivity index (χ1v) is 11.0. The zero-order chi connectivity index (χ0) is 19.1. The Balaban J connectivity index is 1.16. The van der Waals surface area contributed by atoms with Gasteiger partial charge in [0.15, 0.2) is 0 Å². The van der Waals surface area contributed by atoms with E-state index in [0.29, 0.717) is 26.3 Å². The summed E-state index contributed by atoms with van der Waals surface area (Å²) >= 11 is 1.69. The molecular weight excluding hydrogens is 372 g/mol. The van der Waals surface area contributed by atoms with Crippen molar-refractivity contribution in [2.45, 2.75) is 57.3 Å². The smallest absolute Gasteiger partial charge is 0.264 e. The van der Waals surface area contributed by atoms with Gasteiger partial charge in [-0.2, -0.15) is 0 Å². The number of fused-ring (bicyclic) bond motifs is 1. The molecule has 0 unspecified atom stereocenters. The fourth-order valence-corrected chi connectivity index (χ4v) is 5.83. The third kappa shape index (κ3) is 3.49. The molecule has 2 aromatic heterocycles. The van der Waals surface area contributed by atoms with Crippen molar-refractivity contribution < 1.29 is 14.3 Å². The van der Waals surface area contributed by atoms with Crippen molar-refractivity contribution in [2.75, 3.05) is 19.7 Å². The average Bonchev–Trinajstić information content (AvgIpc) is 3.26. The van der Waals surface area contributed by atoms with Gasteiger partial charge in [0.1, 0.15) is 5.60 Å². The summed E-state index contributed by atoms with van der Waals surface area (Å²) in [4.78, 5) is 21.6. The number of pyridine rings is 1. The van der Waals surface area contributed by atoms with E-state index in [-0.39, 0.29) is 17.6 Å². The summed E-state index contributed by atoms with van der Waals surface area (Å²) in [6, 6.07) is 8.13. The molecule has 2 aromatic rings. The third-order valence-corrected chi connectivity index (χ3v) is 7.29. The Morgan fingerprint density at radius 1 is 1.39 bits per heavy atom. The molecule has 2 saturated heterocycles. The van der Waals surface area contributed by atoms with Crippen LogP contribution in [0, 0.1) is 6.92 Å². The van der Waals surface area contributed by atoms with Crippen LogP contribution in [0.4, 0.5) is 0 Å². The molecule has 148 valence electrons. The van der Waals surface area contributed by atoms with E-state index in [0.717, 1.165) is 41.9 Å². The van der Waals surface area contributed by atoms with Gasteiger partial charge < -0.3 is 14.4 Å². The molecule has 0 bridgehead atoms. The third-order valence-electron chi connectivity index (χ3n) is 6.06. The number of carbonyl (C=O) groups excluding carboxylic acids is 1. The van der Waals surface area contributed by atoms with Crippen LogP contribution in [0.5, 0.6) is 0 Å². The highest BCUT2D eigenvalue weighted by Gasteiger charge is 2.50. The Kier molecular flexibility index (Phi) is 4.73. The molecule has 3 aliphatic rings. The number of hydrogen-bond donors (Lipinski definition) is 0. The van der Waals surface area contributed by atoms with Gasteiger partial charge in [-0.1, -0.05) is 6.07 Å². The zero-order valence-corrected chi connectivity index (χ0v) is 17.1. The van der Waals surface area contributed by atoms with Crippen molar-refractivity contribution in [1.29, 1.82) is 0 Å². The molecule has 1 aliphatic carbocycles. The maximum atomic E-state index is 12.8. The molecule has 1 spiro atoms. The second kappa shape index (κ2) is 7.25. The van der Waals surface area contributed by atoms with E-state index >= 15 is 0 Å². The summed E-state index contributed by atoms with van der Waals surface area (Å²) in [6.45, 7) is 4.58. The number of aromatic nitrogens is 1. The summed E-state index contributed by atoms with van der Waals surface area (Å²) in [6.07, 6.45) is 5.41. The number of nitrogens with zero attached hydrogens (tertiary/aromatic N) is 2. The number of aryl methyl sites for hydroxylation is 3. The normalized spacial score (nSPS) is 22.9. The van der Waals surface area contributed by atoms with Gasteiger partial charge in [-0.05, 0) is 56.4 Å². The average molecular weight is 399 g/mol. The van der Waals surface area contributed by atoms with Crippen molar-refractivity contribution >= 4 is 17.2 Å². The summed E-state index contributed by atoms with van der Waals surface area (Å²) in [7, 11) is 0. The quantitative estimate of drug-likeness (QED) is 0.791. The lowest BCUT2D eigenvalue weighted by Crippen LogP contribution is -2.67. The number of carbonyl (C=O) groups is 1. The molecular formula is C22H26N2O3S. The molecule has 5 rings (SSSR count). The fourth-order valence-electron chi connectivity index (χ4n) is 4.61. The van der Waals surface area contributed by atoms with Crippen LogP contribution in [0.15, 0.2) is 24.3 Å². The molecule has 6 heteroatoms. The Morgan fingerprint density at radius 3 is 3.11 bits per heavy atom. The second-order valence-corrected chi connectivity index (χ2v) is 9.44. The van der Waals surface area contributed by atoms with Crippen LogP contribution < -0.4 is 0 Å². The predicted molar refractivity (Wildman–Crippen MR) is 108 cm³/mol. The van der Waals surface area contributed by atoms with Crippen molar-refractivity contribution in [1.82, 2.24) is 9.88 Å². The van der Waals surface area contributed by atoms with E-state index in [2.05, 4.69) is 11.1 Å². The number of hydrogen-bond acceptors (Lipinski definition) is 5. The van der Waals surface area contributed by atoms with Crippen molar-refractivity contribution in [3.8, 4) is 0 Å². The molecule has 28 heavy (non-hydrogen) atoms. The van der Waals surface area contributed by atoms with E-state index < -0.39 is 0 Å². The molecule has 4 heterocycles. The van der Waals surface area contributed by atoms with E-state index in [1.807, 2.05) is 30.0 Å². The van der Waals surface area contributed by atoms with Crippen LogP contribution >= 0.6 is 11.3 Å². The van der Waals surface area contributed by atoms with Gasteiger partial charge in [-0.15, -0.1) is 11.3 Å². The Bertz CT molecular complexity index is 866. The van der Waals surface area contributed by atoms with Gasteiger partial charge in [-0.25, -0.2) is 0 Å². The van der Waals surface area contributed by atoms with Crippen LogP contribution in [-0.4, -0.2) is 47.2 Å². The highest BCUT2D eigenvalue weighted by molar-refractivity contribution is 7.14. The lowest BCUT2D eigenvalue weighted by Gasteiger charge is -2.52. The van der Waals surface area contributed by atoms with E-state index in [4.69, 9.17) is 9.47 Å². The molecule has 0 N–H and O–H groups in total. The summed E-state index contributed by atoms with van der Waals surface area (Å²) in [5, 5.41) is 0. The van der Waals surface area contributed by atoms with Gasteiger partial charge in [0.2, 0.25) is 0 Å². The molecule has 1 amide bonds. The number of thiophene rings is 1. The second-order valence-electron chi connectivity index (χ2n) is 8.30. The number of ether oxygens (including phenoxy) is 2. The van der Waals surface area contributed by atoms with Crippen molar-refractivity contribution in [2.24, 2.45) is 0 Å². The molecule has 5 nitrogen and oxygen atoms in total. The molecule has 1 atom stereocenters. The highest BCUT2D eigenvalue weighted by atomic mass is 32.1. The molecule has 0 aromatic carbocycles. The highest BCUT2D eigenvalue weighted by Crippen LogP contribution is 2.38. The van der Waals surface area contributed by atoms with Crippen LogP contribution in [0.2, 0.25) is 0 Å². The van der Waals surface area contributed by atoms with Gasteiger partial charge in [0, 0.05) is 23.6 Å².